The molecular formula is C17H30N2O. The zero-order valence-electron chi connectivity index (χ0n) is 13.3. The van der Waals surface area contributed by atoms with Gasteiger partial charge in [-0.15, -0.1) is 0 Å². The van der Waals surface area contributed by atoms with Gasteiger partial charge >= 0.3 is 0 Å². The molecule has 3 heteroatoms. The summed E-state index contributed by atoms with van der Waals surface area (Å²) < 4.78 is 0. The average molecular weight is 278 g/mol. The van der Waals surface area contributed by atoms with Crippen molar-refractivity contribution in [2.75, 3.05) is 6.54 Å². The Morgan fingerprint density at radius 2 is 1.80 bits per heavy atom. The zero-order chi connectivity index (χ0) is 14.3. The Morgan fingerprint density at radius 3 is 2.25 bits per heavy atom. The number of hydrogen-bond acceptors (Lipinski definition) is 2. The first kappa shape index (κ1) is 14.4. The molecule has 2 aliphatic carbocycles. The maximum absolute atomic E-state index is 12.6. The lowest BCUT2D eigenvalue weighted by atomic mass is 9.96. The van der Waals surface area contributed by atoms with E-state index in [1.54, 1.807) is 0 Å². The van der Waals surface area contributed by atoms with Crippen LogP contribution in [0.15, 0.2) is 0 Å². The number of nitrogens with zero attached hydrogens (tertiary/aromatic N) is 1. The Morgan fingerprint density at radius 1 is 1.20 bits per heavy atom. The molecule has 0 bridgehead atoms. The summed E-state index contributed by atoms with van der Waals surface area (Å²) in [5.41, 5.74) is 0. The van der Waals surface area contributed by atoms with E-state index in [0.29, 0.717) is 11.8 Å². The highest BCUT2D eigenvalue weighted by molar-refractivity contribution is 5.84. The van der Waals surface area contributed by atoms with Gasteiger partial charge in [-0.2, -0.15) is 0 Å². The maximum atomic E-state index is 12.6. The molecule has 0 aromatic carbocycles. The summed E-state index contributed by atoms with van der Waals surface area (Å²) in [6.07, 6.45) is 7.91. The Kier molecular flexibility index (Phi) is 4.07. The second-order valence-electron chi connectivity index (χ2n) is 7.60. The van der Waals surface area contributed by atoms with Crippen molar-refractivity contribution < 1.29 is 4.79 Å². The van der Waals surface area contributed by atoms with Gasteiger partial charge in [-0.25, -0.2) is 0 Å². The lowest BCUT2D eigenvalue weighted by molar-refractivity contribution is -0.131. The van der Waals surface area contributed by atoms with E-state index in [1.165, 1.54) is 25.7 Å². The average Bonchev–Trinajstić information content (AvgIpc) is 3.27. The third-order valence-electron chi connectivity index (χ3n) is 5.32. The van der Waals surface area contributed by atoms with E-state index >= 15 is 0 Å². The summed E-state index contributed by atoms with van der Waals surface area (Å²) >= 11 is 0. The van der Waals surface area contributed by atoms with Crippen molar-refractivity contribution >= 4 is 5.91 Å². The smallest absolute Gasteiger partial charge is 0.241 e. The zero-order valence-corrected chi connectivity index (χ0v) is 13.3. The predicted octanol–water partition coefficient (Wildman–Crippen LogP) is 3.01. The van der Waals surface area contributed by atoms with Crippen LogP contribution in [0.4, 0.5) is 0 Å². The number of rotatable bonds is 7. The Labute approximate surface area is 123 Å². The molecule has 1 heterocycles. The fourth-order valence-electron chi connectivity index (χ4n) is 3.86. The molecule has 1 amide bonds. The molecule has 2 unspecified atom stereocenters. The van der Waals surface area contributed by atoms with Gasteiger partial charge in [-0.3, -0.25) is 10.1 Å². The van der Waals surface area contributed by atoms with Crippen LogP contribution >= 0.6 is 0 Å². The number of carbonyl (C=O) groups excluding carboxylic acids is 1. The van der Waals surface area contributed by atoms with Crippen LogP contribution in [0.1, 0.15) is 59.3 Å². The van der Waals surface area contributed by atoms with E-state index in [9.17, 15) is 4.79 Å². The molecule has 1 aliphatic heterocycles. The van der Waals surface area contributed by atoms with E-state index in [1.807, 2.05) is 0 Å². The predicted molar refractivity (Wildman–Crippen MR) is 81.1 cm³/mol. The summed E-state index contributed by atoms with van der Waals surface area (Å²) in [6, 6.07) is 0.0674. The molecule has 1 N–H and O–H groups in total. The minimum atomic E-state index is 0.0674. The van der Waals surface area contributed by atoms with E-state index in [0.717, 1.165) is 37.1 Å². The largest absolute Gasteiger partial charge is 0.325 e. The number of hydrogen-bond donors (Lipinski definition) is 1. The second kappa shape index (κ2) is 5.67. The van der Waals surface area contributed by atoms with Crippen LogP contribution < -0.4 is 5.32 Å². The minimum absolute atomic E-state index is 0.0674. The normalized spacial score (nSPS) is 30.9. The van der Waals surface area contributed by atoms with Crippen LogP contribution in [0.3, 0.4) is 0 Å². The molecule has 0 radical (unpaired) electrons. The van der Waals surface area contributed by atoms with Gasteiger partial charge in [0.2, 0.25) is 5.91 Å². The van der Waals surface area contributed by atoms with Crippen molar-refractivity contribution in [1.82, 2.24) is 10.2 Å². The van der Waals surface area contributed by atoms with Crippen LogP contribution in [0, 0.1) is 23.7 Å². The highest BCUT2D eigenvalue weighted by Crippen LogP contribution is 2.49. The Bertz CT molecular complexity index is 348. The number of carbonyl (C=O) groups is 1. The lowest BCUT2D eigenvalue weighted by Gasteiger charge is -2.30. The van der Waals surface area contributed by atoms with Gasteiger partial charge in [0.05, 0.1) is 12.2 Å². The van der Waals surface area contributed by atoms with E-state index in [4.69, 9.17) is 0 Å². The molecule has 3 nitrogen and oxygen atoms in total. The third kappa shape index (κ3) is 3.03. The van der Waals surface area contributed by atoms with E-state index < -0.39 is 0 Å². The van der Waals surface area contributed by atoms with Crippen LogP contribution in [-0.4, -0.2) is 29.6 Å². The first-order chi connectivity index (χ1) is 9.60. The second-order valence-corrected chi connectivity index (χ2v) is 7.60. The topological polar surface area (TPSA) is 32.3 Å². The van der Waals surface area contributed by atoms with Gasteiger partial charge in [-0.05, 0) is 62.2 Å². The van der Waals surface area contributed by atoms with Crippen LogP contribution in [0.5, 0.6) is 0 Å². The first-order valence-electron chi connectivity index (χ1n) is 8.66. The van der Waals surface area contributed by atoms with Crippen molar-refractivity contribution in [2.45, 2.75) is 71.5 Å². The Balaban J connectivity index is 1.67. The van der Waals surface area contributed by atoms with Crippen LogP contribution in [0.25, 0.3) is 0 Å². The SMILES string of the molecule is CCC1NC(CC(C)C)N(CC(C2CC2)C2CC2)C1=O. The fourth-order valence-corrected chi connectivity index (χ4v) is 3.86. The monoisotopic (exact) mass is 278 g/mol. The molecular weight excluding hydrogens is 248 g/mol. The van der Waals surface area contributed by atoms with Crippen molar-refractivity contribution in [3.8, 4) is 0 Å². The maximum Gasteiger partial charge on any atom is 0.241 e. The van der Waals surface area contributed by atoms with Gasteiger partial charge in [0.15, 0.2) is 0 Å². The fraction of sp³-hybridized carbons (Fsp3) is 0.941. The van der Waals surface area contributed by atoms with Crippen LogP contribution in [-0.2, 0) is 4.79 Å². The van der Waals surface area contributed by atoms with Gasteiger partial charge in [0.1, 0.15) is 0 Å². The molecule has 20 heavy (non-hydrogen) atoms. The van der Waals surface area contributed by atoms with Crippen molar-refractivity contribution in [3.63, 3.8) is 0 Å². The third-order valence-corrected chi connectivity index (χ3v) is 5.32. The molecule has 1 saturated heterocycles. The highest BCUT2D eigenvalue weighted by Gasteiger charge is 2.46. The molecule has 0 aromatic rings. The van der Waals surface area contributed by atoms with Gasteiger partial charge < -0.3 is 4.90 Å². The molecule has 2 atom stereocenters. The highest BCUT2D eigenvalue weighted by atomic mass is 16.2. The quantitative estimate of drug-likeness (QED) is 0.776. The van der Waals surface area contributed by atoms with Gasteiger partial charge in [0, 0.05) is 6.54 Å². The molecule has 3 fully saturated rings. The summed E-state index contributed by atoms with van der Waals surface area (Å²) in [5, 5.41) is 3.57. The number of nitrogens with one attached hydrogen (secondary N) is 1. The Hall–Kier alpha value is -0.570. The summed E-state index contributed by atoms with van der Waals surface area (Å²) in [7, 11) is 0. The molecule has 2 saturated carbocycles. The first-order valence-corrected chi connectivity index (χ1v) is 8.66. The standard InChI is InChI=1S/C17H30N2O/c1-4-15-17(20)19(16(18-15)9-11(2)3)10-14(12-5-6-12)13-7-8-13/h11-16,18H,4-10H2,1-3H3. The van der Waals surface area contributed by atoms with Crippen molar-refractivity contribution in [3.05, 3.63) is 0 Å². The van der Waals surface area contributed by atoms with E-state index in [2.05, 4.69) is 31.0 Å². The summed E-state index contributed by atoms with van der Waals surface area (Å²) in [5.74, 6) is 3.65. The van der Waals surface area contributed by atoms with Gasteiger partial charge in [-0.1, -0.05) is 20.8 Å². The lowest BCUT2D eigenvalue weighted by Crippen LogP contribution is -2.42. The summed E-state index contributed by atoms with van der Waals surface area (Å²) in [6.45, 7) is 7.64. The van der Waals surface area contributed by atoms with E-state index in [-0.39, 0.29) is 12.2 Å². The van der Waals surface area contributed by atoms with Gasteiger partial charge in [0.25, 0.3) is 0 Å². The molecule has 3 rings (SSSR count). The molecule has 3 aliphatic rings. The van der Waals surface area contributed by atoms with Crippen LogP contribution in [0.2, 0.25) is 0 Å². The molecule has 0 spiro atoms. The minimum Gasteiger partial charge on any atom is -0.325 e. The number of amides is 1. The molecule has 114 valence electrons. The van der Waals surface area contributed by atoms with Crippen molar-refractivity contribution in [1.29, 1.82) is 0 Å². The van der Waals surface area contributed by atoms with Crippen molar-refractivity contribution in [2.24, 2.45) is 23.7 Å². The molecule has 0 aromatic heterocycles. The summed E-state index contributed by atoms with van der Waals surface area (Å²) in [4.78, 5) is 14.8.